The zero-order valence-corrected chi connectivity index (χ0v) is 62.9. The molecule has 0 fully saturated rings. The van der Waals surface area contributed by atoms with Gasteiger partial charge in [-0.1, -0.05) is 179 Å². The third-order valence-electron chi connectivity index (χ3n) is 21.3. The van der Waals surface area contributed by atoms with Crippen molar-refractivity contribution in [2.24, 2.45) is 15.5 Å². The van der Waals surface area contributed by atoms with E-state index in [1.54, 1.807) is 6.92 Å². The molecule has 15 heteroatoms. The van der Waals surface area contributed by atoms with Gasteiger partial charge in [0.25, 0.3) is 0 Å². The van der Waals surface area contributed by atoms with E-state index < -0.39 is 17.9 Å². The Labute approximate surface area is 649 Å². The van der Waals surface area contributed by atoms with Crippen LogP contribution >= 0.6 is 0 Å². The molecule has 548 valence electrons. The van der Waals surface area contributed by atoms with E-state index in [9.17, 15) is 24.0 Å². The average Bonchev–Trinajstić information content (AvgIpc) is 1.59. The highest BCUT2D eigenvalue weighted by Crippen LogP contribution is 2.40. The minimum absolute atomic E-state index is 0.0791. The van der Waals surface area contributed by atoms with Crippen LogP contribution in [-0.4, -0.2) is 66.1 Å². The number of hydrogen-bond acceptors (Lipinski definition) is 12. The van der Waals surface area contributed by atoms with Crippen LogP contribution in [0.15, 0.2) is 301 Å². The van der Waals surface area contributed by atoms with Crippen molar-refractivity contribution in [2.45, 2.75) is 61.3 Å². The Hall–Kier alpha value is -14.6. The van der Waals surface area contributed by atoms with Crippen LogP contribution in [-0.2, 0) is 41.7 Å². The van der Waals surface area contributed by atoms with E-state index in [2.05, 4.69) is 83.8 Å². The maximum absolute atomic E-state index is 15.2. The molecule has 0 N–H and O–H groups in total. The van der Waals surface area contributed by atoms with Crippen LogP contribution in [0.3, 0.4) is 0 Å². The Morgan fingerprint density at radius 1 is 0.283 bits per heavy atom. The van der Waals surface area contributed by atoms with E-state index in [-0.39, 0.29) is 30.2 Å². The number of ketones is 3. The molecule has 0 bridgehead atoms. The second-order valence-electron chi connectivity index (χ2n) is 28.7. The van der Waals surface area contributed by atoms with E-state index in [1.165, 1.54) is 20.8 Å². The quantitative estimate of drug-likeness (QED) is 0.0329. The minimum atomic E-state index is -0.597. The number of oxime groups is 3. The number of hydrogen-bond donors (Lipinski definition) is 0. The molecule has 0 amide bonds. The molecule has 0 spiro atoms. The third kappa shape index (κ3) is 13.5. The van der Waals surface area contributed by atoms with Gasteiger partial charge >= 0.3 is 17.9 Å². The lowest BCUT2D eigenvalue weighted by molar-refractivity contribution is -0.141. The second-order valence-corrected chi connectivity index (χ2v) is 28.7. The summed E-state index contributed by atoms with van der Waals surface area (Å²) in [5, 5.41) is 22.4. The molecule has 3 heterocycles. The van der Waals surface area contributed by atoms with Crippen LogP contribution in [0.2, 0.25) is 0 Å². The van der Waals surface area contributed by atoms with Crippen molar-refractivity contribution in [2.75, 3.05) is 0 Å². The normalized spacial score (nSPS) is 12.1. The largest absolute Gasteiger partial charge is 0.331 e. The van der Waals surface area contributed by atoms with Gasteiger partial charge in [-0.2, -0.15) is 0 Å². The first kappa shape index (κ1) is 71.4. The number of para-hydroxylation sites is 1. The molecule has 3 aromatic heterocycles. The monoisotopic (exact) mass is 1480 g/mol. The topological polar surface area (TPSA) is 182 Å². The number of carbonyl (C=O) groups is 6. The number of aryl methyl sites for hydroxylation is 3. The summed E-state index contributed by atoms with van der Waals surface area (Å²) in [6, 6.07) is 93.5. The molecule has 0 aliphatic carbocycles. The fourth-order valence-electron chi connectivity index (χ4n) is 15.8. The van der Waals surface area contributed by atoms with Gasteiger partial charge in [0.05, 0.1) is 55.9 Å². The van der Waals surface area contributed by atoms with Crippen LogP contribution in [0.5, 0.6) is 0 Å². The summed E-state index contributed by atoms with van der Waals surface area (Å²) in [5.41, 5.74) is 18.9. The van der Waals surface area contributed by atoms with Gasteiger partial charge in [-0.3, -0.25) is 14.4 Å². The molecule has 0 saturated heterocycles. The molecule has 17 rings (SSSR count). The van der Waals surface area contributed by atoms with Crippen LogP contribution < -0.4 is 0 Å². The van der Waals surface area contributed by atoms with Crippen molar-refractivity contribution in [3.8, 4) is 17.1 Å². The average molecular weight is 1480 g/mol. The van der Waals surface area contributed by atoms with Crippen molar-refractivity contribution in [1.29, 1.82) is 0 Å². The van der Waals surface area contributed by atoms with Gasteiger partial charge in [0, 0.05) is 127 Å². The van der Waals surface area contributed by atoms with Crippen molar-refractivity contribution < 1.29 is 43.3 Å². The molecule has 0 saturated carbocycles. The van der Waals surface area contributed by atoms with E-state index >= 15 is 4.79 Å². The van der Waals surface area contributed by atoms with E-state index in [0.29, 0.717) is 61.6 Å². The molecule has 15 nitrogen and oxygen atoms in total. The second kappa shape index (κ2) is 29.4. The summed E-state index contributed by atoms with van der Waals surface area (Å²) in [5.74, 6) is -2.15. The lowest BCUT2D eigenvalue weighted by atomic mass is 9.93. The van der Waals surface area contributed by atoms with Crippen LogP contribution in [0.1, 0.15) is 120 Å². The Morgan fingerprint density at radius 2 is 0.673 bits per heavy atom. The predicted octanol–water partition coefficient (Wildman–Crippen LogP) is 21.2. The van der Waals surface area contributed by atoms with Crippen molar-refractivity contribution >= 4 is 139 Å². The predicted molar refractivity (Wildman–Crippen MR) is 449 cm³/mol. The highest BCUT2D eigenvalue weighted by atomic mass is 16.7. The van der Waals surface area contributed by atoms with Gasteiger partial charge in [0.15, 0.2) is 17.3 Å². The van der Waals surface area contributed by atoms with Gasteiger partial charge < -0.3 is 28.2 Å². The fraction of sp³-hybridized carbons (Fsp3) is 0.0918. The zero-order chi connectivity index (χ0) is 77.9. The van der Waals surface area contributed by atoms with Crippen molar-refractivity contribution in [3.05, 3.63) is 363 Å². The molecule has 113 heavy (non-hydrogen) atoms. The standard InChI is InChI=1S/C98H72N6O9/c1-57-18-11-15-25-77(57)96(108)72-34-43-91-84(54-72)82-52-70(32-41-90(82)102(91)75-23-9-8-10-24-75)87(100-112-62(6)106)48-64-28-38-78(58(2)46-64)97(109)73-35-44-93-85(55-73)83-53-71(33-42-92(83)103(93)76-37-30-66-19-12-13-21-69(66)50-76)88(101-113-63(7)107)49-65-29-39-79(59(3)47-65)98(110)74-36-45-95-86(56-74)81-51-68(60(4)99-111-61(5)105)31-40-94(81)104(95)89-27-17-22-67-20-14-16-26-80(67)89/h8-47,50-56H,48-49H2,1-7H3/b99-60+,100-87+,101-88+. The summed E-state index contributed by atoms with van der Waals surface area (Å²) in [7, 11) is 0. The number of rotatable bonds is 19. The lowest BCUT2D eigenvalue weighted by Crippen LogP contribution is -2.10. The van der Waals surface area contributed by atoms with Gasteiger partial charge in [0.2, 0.25) is 0 Å². The minimum Gasteiger partial charge on any atom is -0.318 e. The number of benzene rings is 14. The van der Waals surface area contributed by atoms with Gasteiger partial charge in [0.1, 0.15) is 0 Å². The first-order valence-electron chi connectivity index (χ1n) is 37.3. The zero-order valence-electron chi connectivity index (χ0n) is 62.9. The number of carbonyl (C=O) groups excluding carboxylic acids is 6. The maximum atomic E-state index is 15.2. The third-order valence-corrected chi connectivity index (χ3v) is 21.3. The molecule has 14 aromatic carbocycles. The van der Waals surface area contributed by atoms with E-state index in [0.717, 1.165) is 137 Å². The maximum Gasteiger partial charge on any atom is 0.331 e. The molecule has 0 aliphatic rings. The van der Waals surface area contributed by atoms with Crippen LogP contribution in [0, 0.1) is 20.8 Å². The lowest BCUT2D eigenvalue weighted by Gasteiger charge is -2.12. The Kier molecular flexibility index (Phi) is 18.6. The molecule has 0 unspecified atom stereocenters. The molecule has 0 atom stereocenters. The van der Waals surface area contributed by atoms with Gasteiger partial charge in [-0.25, -0.2) is 14.4 Å². The smallest absolute Gasteiger partial charge is 0.318 e. The SMILES string of the molecule is CC(=O)O/N=C(\C)c1ccc2c(c1)c1cc(C(=O)c3ccc(C/C(=N\OC(C)=O)c4ccc5c(c4)c4cc(C(=O)c6ccc(C/C(=N\OC(C)=O)c7ccc8c(c7)c7cc(C(=O)c9ccccc9C)ccc7n8-c7ccccc7)cc6C)ccc4n5-c4ccc5ccccc5c4)cc3C)ccc1n2-c1cccc2ccccc12. The van der Waals surface area contributed by atoms with E-state index in [4.69, 9.17) is 14.5 Å². The van der Waals surface area contributed by atoms with Crippen molar-refractivity contribution in [1.82, 2.24) is 13.7 Å². The summed E-state index contributed by atoms with van der Waals surface area (Å²) in [6.07, 6.45) is 0.449. The first-order chi connectivity index (χ1) is 54.9. The fourth-order valence-corrected chi connectivity index (χ4v) is 15.8. The summed E-state index contributed by atoms with van der Waals surface area (Å²) < 4.78 is 6.59. The molecule has 0 aliphatic heterocycles. The van der Waals surface area contributed by atoms with E-state index in [1.807, 2.05) is 251 Å². The first-order valence-corrected chi connectivity index (χ1v) is 37.3. The Morgan fingerprint density at radius 3 is 1.17 bits per heavy atom. The van der Waals surface area contributed by atoms with Gasteiger partial charge in [-0.15, -0.1) is 0 Å². The Bertz CT molecular complexity index is 7000. The number of nitrogens with zero attached hydrogens (tertiary/aromatic N) is 6. The highest BCUT2D eigenvalue weighted by Gasteiger charge is 2.25. The molecule has 17 aromatic rings. The van der Waals surface area contributed by atoms with Gasteiger partial charge in [-0.05, 0) is 199 Å². The summed E-state index contributed by atoms with van der Waals surface area (Å²) >= 11 is 0. The molecular formula is C98H72N6O9. The number of fused-ring (bicyclic) bond motifs is 11. The van der Waals surface area contributed by atoms with Crippen LogP contribution in [0.4, 0.5) is 0 Å². The van der Waals surface area contributed by atoms with Crippen LogP contribution in [0.25, 0.3) is 104 Å². The molecule has 0 radical (unpaired) electrons. The van der Waals surface area contributed by atoms with Crippen molar-refractivity contribution in [3.63, 3.8) is 0 Å². The molecular weight excluding hydrogens is 1410 g/mol. The summed E-state index contributed by atoms with van der Waals surface area (Å²) in [4.78, 5) is 97.3. The Balaban J connectivity index is 0.697. The summed E-state index contributed by atoms with van der Waals surface area (Å²) in [6.45, 7) is 11.5. The number of aromatic nitrogens is 3. The highest BCUT2D eigenvalue weighted by molar-refractivity contribution is 6.21.